The lowest BCUT2D eigenvalue weighted by Crippen LogP contribution is -2.28. The molecule has 0 saturated carbocycles. The van der Waals surface area contributed by atoms with E-state index in [0.29, 0.717) is 31.0 Å². The normalized spacial score (nSPS) is 10.7. The molecule has 0 aliphatic rings. The highest BCUT2D eigenvalue weighted by atomic mass is 16.5. The van der Waals surface area contributed by atoms with Gasteiger partial charge in [-0.25, -0.2) is 9.59 Å². The summed E-state index contributed by atoms with van der Waals surface area (Å²) in [5.41, 5.74) is 1.06. The van der Waals surface area contributed by atoms with Crippen LogP contribution in [0.4, 0.5) is 10.5 Å². The first-order valence-corrected chi connectivity index (χ1v) is 10.5. The fourth-order valence-corrected chi connectivity index (χ4v) is 2.78. The van der Waals surface area contributed by atoms with Gasteiger partial charge in [-0.1, -0.05) is 52.9 Å². The summed E-state index contributed by atoms with van der Waals surface area (Å²) in [6, 6.07) is 6.64. The number of anilines is 1. The number of nitrogens with one attached hydrogen (secondary N) is 1. The smallest absolute Gasteiger partial charge is 0.411 e. The van der Waals surface area contributed by atoms with Crippen molar-refractivity contribution < 1.29 is 19.1 Å². The van der Waals surface area contributed by atoms with Gasteiger partial charge in [0.05, 0.1) is 12.2 Å². The van der Waals surface area contributed by atoms with Gasteiger partial charge in [-0.15, -0.1) is 0 Å². The summed E-state index contributed by atoms with van der Waals surface area (Å²) in [6.07, 6.45) is 6.43. The zero-order chi connectivity index (χ0) is 20.6. The summed E-state index contributed by atoms with van der Waals surface area (Å²) in [5, 5.41) is 2.66. The van der Waals surface area contributed by atoms with Crippen LogP contribution in [0.3, 0.4) is 0 Å². The van der Waals surface area contributed by atoms with E-state index >= 15 is 0 Å². The minimum absolute atomic E-state index is 0.332. The van der Waals surface area contributed by atoms with Crippen molar-refractivity contribution in [2.24, 2.45) is 0 Å². The molecule has 1 rings (SSSR count). The molecule has 0 fully saturated rings. The fourth-order valence-electron chi connectivity index (χ4n) is 2.78. The van der Waals surface area contributed by atoms with Crippen LogP contribution < -0.4 is 5.32 Å². The van der Waals surface area contributed by atoms with E-state index in [9.17, 15) is 9.59 Å². The first-order valence-electron chi connectivity index (χ1n) is 10.5. The van der Waals surface area contributed by atoms with Gasteiger partial charge in [0.15, 0.2) is 0 Å². The third kappa shape index (κ3) is 10.3. The molecule has 0 aliphatic carbocycles. The maximum Gasteiger partial charge on any atom is 0.411 e. The van der Waals surface area contributed by atoms with Crippen LogP contribution in [0.1, 0.15) is 69.7 Å². The minimum Gasteiger partial charge on any atom is -0.462 e. The second-order valence-corrected chi connectivity index (χ2v) is 6.77. The van der Waals surface area contributed by atoms with E-state index in [2.05, 4.69) is 31.0 Å². The molecule has 1 aromatic carbocycles. The van der Waals surface area contributed by atoms with Crippen LogP contribution in [0.5, 0.6) is 0 Å². The SMILES string of the molecule is CCCCCCCCOC(=O)c1ccc(NC(=O)OCCN(CC)CC)cc1. The lowest BCUT2D eigenvalue weighted by atomic mass is 10.1. The van der Waals surface area contributed by atoms with Gasteiger partial charge in [0, 0.05) is 12.2 Å². The highest BCUT2D eigenvalue weighted by molar-refractivity contribution is 5.91. The molecule has 158 valence electrons. The number of amides is 1. The molecule has 0 aliphatic heterocycles. The topological polar surface area (TPSA) is 67.9 Å². The Kier molecular flexibility index (Phi) is 12.8. The van der Waals surface area contributed by atoms with Gasteiger partial charge in [-0.05, 0) is 43.8 Å². The lowest BCUT2D eigenvalue weighted by molar-refractivity contribution is 0.0497. The molecule has 0 heterocycles. The van der Waals surface area contributed by atoms with E-state index in [0.717, 1.165) is 25.9 Å². The first kappa shape index (κ1) is 24.0. The minimum atomic E-state index is -0.495. The third-order valence-corrected chi connectivity index (χ3v) is 4.63. The summed E-state index contributed by atoms with van der Waals surface area (Å²) in [5.74, 6) is -0.332. The number of likely N-dealkylation sites (N-methyl/N-ethyl adjacent to an activating group) is 1. The summed E-state index contributed by atoms with van der Waals surface area (Å²) in [4.78, 5) is 26.0. The van der Waals surface area contributed by atoms with E-state index in [1.807, 2.05) is 0 Å². The van der Waals surface area contributed by atoms with Gasteiger partial charge in [-0.2, -0.15) is 0 Å². The van der Waals surface area contributed by atoms with Gasteiger partial charge >= 0.3 is 12.1 Å². The number of carbonyl (C=O) groups is 2. The number of esters is 1. The molecule has 0 aromatic heterocycles. The number of unbranched alkanes of at least 4 members (excludes halogenated alkanes) is 5. The van der Waals surface area contributed by atoms with Crippen molar-refractivity contribution in [3.63, 3.8) is 0 Å². The molecule has 0 unspecified atom stereocenters. The van der Waals surface area contributed by atoms with E-state index in [-0.39, 0.29) is 5.97 Å². The Balaban J connectivity index is 2.26. The van der Waals surface area contributed by atoms with Crippen molar-refractivity contribution in [2.45, 2.75) is 59.3 Å². The summed E-state index contributed by atoms with van der Waals surface area (Å²) in [6.45, 7) is 9.70. The van der Waals surface area contributed by atoms with Crippen molar-refractivity contribution >= 4 is 17.7 Å². The lowest BCUT2D eigenvalue weighted by Gasteiger charge is -2.17. The van der Waals surface area contributed by atoms with Gasteiger partial charge in [0.1, 0.15) is 6.61 Å². The molecule has 0 bridgehead atoms. The van der Waals surface area contributed by atoms with E-state index in [4.69, 9.17) is 9.47 Å². The van der Waals surface area contributed by atoms with E-state index < -0.39 is 6.09 Å². The molecular formula is C22H36N2O4. The van der Waals surface area contributed by atoms with E-state index in [1.165, 1.54) is 25.7 Å². The number of nitrogens with zero attached hydrogens (tertiary/aromatic N) is 1. The van der Waals surface area contributed by atoms with Gasteiger partial charge in [0.2, 0.25) is 0 Å². The summed E-state index contributed by atoms with van der Waals surface area (Å²) >= 11 is 0. The average molecular weight is 393 g/mol. The molecule has 0 radical (unpaired) electrons. The summed E-state index contributed by atoms with van der Waals surface area (Å²) in [7, 11) is 0. The number of hydrogen-bond acceptors (Lipinski definition) is 5. The van der Waals surface area contributed by atoms with E-state index in [1.54, 1.807) is 24.3 Å². The van der Waals surface area contributed by atoms with Gasteiger partial charge in [0.25, 0.3) is 0 Å². The largest absolute Gasteiger partial charge is 0.462 e. The predicted molar refractivity (Wildman–Crippen MR) is 113 cm³/mol. The Labute approximate surface area is 169 Å². The predicted octanol–water partition coefficient (Wildman–Crippen LogP) is 5.09. The molecule has 0 spiro atoms. The monoisotopic (exact) mass is 392 g/mol. The first-order chi connectivity index (χ1) is 13.6. The Morgan fingerprint density at radius 1 is 0.857 bits per heavy atom. The van der Waals surface area contributed by atoms with Crippen LogP contribution in [0.2, 0.25) is 0 Å². The molecule has 6 heteroatoms. The molecule has 1 aromatic rings. The average Bonchev–Trinajstić information content (AvgIpc) is 2.71. The zero-order valence-corrected chi connectivity index (χ0v) is 17.7. The van der Waals surface area contributed by atoms with Crippen molar-refractivity contribution in [2.75, 3.05) is 38.2 Å². The number of rotatable bonds is 14. The molecule has 1 N–H and O–H groups in total. The molecule has 28 heavy (non-hydrogen) atoms. The number of carbonyl (C=O) groups excluding carboxylic acids is 2. The number of hydrogen-bond donors (Lipinski definition) is 1. The number of ether oxygens (including phenoxy) is 2. The molecule has 0 saturated heterocycles. The third-order valence-electron chi connectivity index (χ3n) is 4.63. The van der Waals surface area contributed by atoms with Crippen molar-refractivity contribution in [3.05, 3.63) is 29.8 Å². The van der Waals surface area contributed by atoms with Crippen LogP contribution in [-0.2, 0) is 9.47 Å². The maximum atomic E-state index is 12.0. The quantitative estimate of drug-likeness (QED) is 0.353. The van der Waals surface area contributed by atoms with Crippen molar-refractivity contribution in [1.82, 2.24) is 4.90 Å². The van der Waals surface area contributed by atoms with Crippen molar-refractivity contribution in [3.8, 4) is 0 Å². The second-order valence-electron chi connectivity index (χ2n) is 6.77. The van der Waals surface area contributed by atoms with Crippen LogP contribution >= 0.6 is 0 Å². The molecule has 6 nitrogen and oxygen atoms in total. The van der Waals surface area contributed by atoms with Gasteiger partial charge < -0.3 is 14.4 Å². The van der Waals surface area contributed by atoms with Crippen LogP contribution in [0, 0.1) is 0 Å². The molecule has 1 amide bonds. The highest BCUT2D eigenvalue weighted by Gasteiger charge is 2.09. The molecule has 0 atom stereocenters. The molecular weight excluding hydrogens is 356 g/mol. The van der Waals surface area contributed by atoms with Crippen LogP contribution in [-0.4, -0.2) is 49.8 Å². The van der Waals surface area contributed by atoms with Gasteiger partial charge in [-0.3, -0.25) is 5.32 Å². The second kappa shape index (κ2) is 14.9. The highest BCUT2D eigenvalue weighted by Crippen LogP contribution is 2.12. The van der Waals surface area contributed by atoms with Crippen molar-refractivity contribution in [1.29, 1.82) is 0 Å². The summed E-state index contributed by atoms with van der Waals surface area (Å²) < 4.78 is 10.5. The zero-order valence-electron chi connectivity index (χ0n) is 17.7. The fraction of sp³-hybridized carbons (Fsp3) is 0.636. The Hall–Kier alpha value is -2.08. The standard InChI is InChI=1S/C22H36N2O4/c1-4-7-8-9-10-11-17-27-21(25)19-12-14-20(15-13-19)23-22(26)28-18-16-24(5-2)6-3/h12-15H,4-11,16-18H2,1-3H3,(H,23,26). The van der Waals surface area contributed by atoms with Crippen LogP contribution in [0.15, 0.2) is 24.3 Å². The Bertz CT molecular complexity index is 556. The Morgan fingerprint density at radius 3 is 2.14 bits per heavy atom. The van der Waals surface area contributed by atoms with Crippen LogP contribution in [0.25, 0.3) is 0 Å². The Morgan fingerprint density at radius 2 is 1.50 bits per heavy atom. The number of benzene rings is 1. The maximum absolute atomic E-state index is 12.0.